The van der Waals surface area contributed by atoms with E-state index in [1.165, 1.54) is 0 Å². The van der Waals surface area contributed by atoms with E-state index < -0.39 is 0 Å². The number of nitrogens with zero attached hydrogens (tertiary/aromatic N) is 2. The number of aromatic nitrogens is 2. The number of rotatable bonds is 8. The number of carbonyl (C=O) groups excluding carboxylic acids is 2. The number of hydrogen-bond acceptors (Lipinski definition) is 6. The number of hydrogen-bond donors (Lipinski definition) is 2. The van der Waals surface area contributed by atoms with Crippen LogP contribution in [0.4, 0.5) is 0 Å². The molecule has 0 aliphatic heterocycles. The van der Waals surface area contributed by atoms with Crippen molar-refractivity contribution in [3.63, 3.8) is 0 Å². The van der Waals surface area contributed by atoms with Crippen LogP contribution in [0.2, 0.25) is 0 Å². The second-order valence-electron chi connectivity index (χ2n) is 6.61. The Balaban J connectivity index is 1.59. The fourth-order valence-corrected chi connectivity index (χ4v) is 4.07. The summed E-state index contributed by atoms with van der Waals surface area (Å²) in [7, 11) is 1.89. The summed E-state index contributed by atoms with van der Waals surface area (Å²) < 4.78 is 6.78. The van der Waals surface area contributed by atoms with Crippen molar-refractivity contribution in [1.82, 2.24) is 20.4 Å². The van der Waals surface area contributed by atoms with Crippen LogP contribution in [-0.2, 0) is 36.0 Å². The second-order valence-corrected chi connectivity index (χ2v) is 7.64. The highest BCUT2D eigenvalue weighted by molar-refractivity contribution is 7.09. The van der Waals surface area contributed by atoms with E-state index in [-0.39, 0.29) is 17.9 Å². The van der Waals surface area contributed by atoms with E-state index in [9.17, 15) is 9.59 Å². The number of carbonyl (C=O) groups is 2. The molecule has 2 aromatic rings. The Kier molecular flexibility index (Phi) is 6.63. The lowest BCUT2D eigenvalue weighted by molar-refractivity contribution is -0.143. The van der Waals surface area contributed by atoms with Crippen molar-refractivity contribution >= 4 is 23.2 Å². The van der Waals surface area contributed by atoms with E-state index in [1.54, 1.807) is 18.3 Å². The Morgan fingerprint density at radius 3 is 3.04 bits per heavy atom. The number of amides is 1. The highest BCUT2D eigenvalue weighted by Gasteiger charge is 2.28. The first-order chi connectivity index (χ1) is 13.1. The molecule has 146 valence electrons. The molecule has 1 aliphatic carbocycles. The number of nitrogens with one attached hydrogen (secondary N) is 2. The van der Waals surface area contributed by atoms with Gasteiger partial charge < -0.3 is 15.4 Å². The number of esters is 1. The minimum Gasteiger partial charge on any atom is -0.466 e. The van der Waals surface area contributed by atoms with Crippen LogP contribution < -0.4 is 10.6 Å². The summed E-state index contributed by atoms with van der Waals surface area (Å²) in [5, 5.41) is 12.8. The Morgan fingerprint density at radius 2 is 2.30 bits per heavy atom. The van der Waals surface area contributed by atoms with E-state index in [0.717, 1.165) is 35.4 Å². The highest BCUT2D eigenvalue weighted by Crippen LogP contribution is 2.24. The van der Waals surface area contributed by atoms with Gasteiger partial charge in [-0.2, -0.15) is 5.10 Å². The third kappa shape index (κ3) is 4.95. The van der Waals surface area contributed by atoms with Crippen molar-refractivity contribution in [2.45, 2.75) is 45.2 Å². The summed E-state index contributed by atoms with van der Waals surface area (Å²) in [5.41, 5.74) is 2.65. The summed E-state index contributed by atoms with van der Waals surface area (Å²) in [6, 6.07) is 4.21. The zero-order chi connectivity index (χ0) is 19.2. The van der Waals surface area contributed by atoms with Crippen LogP contribution in [-0.4, -0.2) is 40.9 Å². The molecule has 0 saturated carbocycles. The second kappa shape index (κ2) is 9.14. The van der Waals surface area contributed by atoms with Gasteiger partial charge in [0.2, 0.25) is 0 Å². The summed E-state index contributed by atoms with van der Waals surface area (Å²) in [6.45, 7) is 3.31. The third-order valence-electron chi connectivity index (χ3n) is 4.74. The minimum absolute atomic E-state index is 0.132. The summed E-state index contributed by atoms with van der Waals surface area (Å²) in [4.78, 5) is 25.2. The Labute approximate surface area is 163 Å². The van der Waals surface area contributed by atoms with Gasteiger partial charge in [-0.15, -0.1) is 11.3 Å². The number of fused-ring (bicyclic) bond motifs is 1. The molecule has 0 saturated heterocycles. The van der Waals surface area contributed by atoms with Gasteiger partial charge in [0.1, 0.15) is 0 Å². The van der Waals surface area contributed by atoms with Gasteiger partial charge >= 0.3 is 5.97 Å². The average Bonchev–Trinajstić information content (AvgIpc) is 3.28. The molecule has 1 aliphatic rings. The van der Waals surface area contributed by atoms with Gasteiger partial charge in [-0.3, -0.25) is 14.3 Å². The fraction of sp³-hybridized carbons (Fsp3) is 0.526. The molecule has 0 spiro atoms. The predicted molar refractivity (Wildman–Crippen MR) is 104 cm³/mol. The Bertz CT molecular complexity index is 785. The average molecular weight is 391 g/mol. The quantitative estimate of drug-likeness (QED) is 0.672. The van der Waals surface area contributed by atoms with Crippen LogP contribution in [0.5, 0.6) is 0 Å². The molecule has 0 fully saturated rings. The van der Waals surface area contributed by atoms with Crippen molar-refractivity contribution < 1.29 is 14.3 Å². The molecule has 3 rings (SSSR count). The number of aryl methyl sites for hydroxylation is 1. The van der Waals surface area contributed by atoms with Gasteiger partial charge in [-0.25, -0.2) is 0 Å². The number of ether oxygens (including phenoxy) is 1. The van der Waals surface area contributed by atoms with E-state index in [1.807, 2.05) is 29.2 Å². The lowest BCUT2D eigenvalue weighted by Crippen LogP contribution is -2.37. The first-order valence-electron chi connectivity index (χ1n) is 9.32. The first-order valence-corrected chi connectivity index (χ1v) is 10.2. The third-order valence-corrected chi connectivity index (χ3v) is 5.62. The molecular formula is C19H26N4O3S. The van der Waals surface area contributed by atoms with Gasteiger partial charge in [0.05, 0.1) is 19.6 Å². The maximum Gasteiger partial charge on any atom is 0.307 e. The van der Waals surface area contributed by atoms with Gasteiger partial charge in [0.15, 0.2) is 5.69 Å². The van der Waals surface area contributed by atoms with Crippen molar-refractivity contribution in [1.29, 1.82) is 0 Å². The predicted octanol–water partition coefficient (Wildman–Crippen LogP) is 1.81. The summed E-state index contributed by atoms with van der Waals surface area (Å²) in [5.74, 6) is -0.316. The zero-order valence-electron chi connectivity index (χ0n) is 15.8. The maximum atomic E-state index is 12.6. The van der Waals surface area contributed by atoms with Crippen LogP contribution in [0.3, 0.4) is 0 Å². The van der Waals surface area contributed by atoms with Crippen molar-refractivity contribution in [2.75, 3.05) is 13.2 Å². The minimum atomic E-state index is -0.184. The van der Waals surface area contributed by atoms with Crippen LogP contribution in [0, 0.1) is 0 Å². The Hall–Kier alpha value is -2.19. The molecule has 27 heavy (non-hydrogen) atoms. The molecule has 7 nitrogen and oxygen atoms in total. The van der Waals surface area contributed by atoms with Crippen molar-refractivity contribution in [3.8, 4) is 0 Å². The molecule has 8 heteroatoms. The zero-order valence-corrected chi connectivity index (χ0v) is 16.6. The normalized spacial score (nSPS) is 16.0. The lowest BCUT2D eigenvalue weighted by atomic mass is 9.91. The van der Waals surface area contributed by atoms with Crippen LogP contribution in [0.1, 0.15) is 46.4 Å². The largest absolute Gasteiger partial charge is 0.466 e. The van der Waals surface area contributed by atoms with E-state index in [2.05, 4.69) is 15.7 Å². The van der Waals surface area contributed by atoms with E-state index >= 15 is 0 Å². The SMILES string of the molecule is CCOC(=O)CCNC1CCc2c(c(C(=O)NCc3cccs3)nn2C)C1. The molecule has 2 N–H and O–H groups in total. The van der Waals surface area contributed by atoms with Crippen LogP contribution >= 0.6 is 11.3 Å². The van der Waals surface area contributed by atoms with Gasteiger partial charge in [0.25, 0.3) is 5.91 Å². The van der Waals surface area contributed by atoms with E-state index in [0.29, 0.717) is 31.8 Å². The Morgan fingerprint density at radius 1 is 1.44 bits per heavy atom. The standard InChI is InChI=1S/C19H26N4O3S/c1-3-26-17(24)8-9-20-13-6-7-16-15(11-13)18(22-23(16)2)19(25)21-12-14-5-4-10-27-14/h4-5,10,13,20H,3,6-9,11-12H2,1-2H3,(H,21,25). The van der Waals surface area contributed by atoms with Gasteiger partial charge in [-0.05, 0) is 37.6 Å². The van der Waals surface area contributed by atoms with Gasteiger partial charge in [-0.1, -0.05) is 6.07 Å². The van der Waals surface area contributed by atoms with Crippen LogP contribution in [0.25, 0.3) is 0 Å². The van der Waals surface area contributed by atoms with Crippen molar-refractivity contribution in [3.05, 3.63) is 39.3 Å². The molecule has 2 aromatic heterocycles. The molecule has 0 radical (unpaired) electrons. The van der Waals surface area contributed by atoms with Crippen molar-refractivity contribution in [2.24, 2.45) is 7.05 Å². The topological polar surface area (TPSA) is 85.2 Å². The molecule has 0 bridgehead atoms. The lowest BCUT2D eigenvalue weighted by Gasteiger charge is -2.24. The molecule has 1 unspecified atom stereocenters. The van der Waals surface area contributed by atoms with Gasteiger partial charge in [0, 0.05) is 35.8 Å². The monoisotopic (exact) mass is 390 g/mol. The smallest absolute Gasteiger partial charge is 0.307 e. The molecule has 1 atom stereocenters. The highest BCUT2D eigenvalue weighted by atomic mass is 32.1. The maximum absolute atomic E-state index is 12.6. The number of thiophene rings is 1. The summed E-state index contributed by atoms with van der Waals surface area (Å²) >= 11 is 1.62. The van der Waals surface area contributed by atoms with Crippen LogP contribution in [0.15, 0.2) is 17.5 Å². The molecule has 2 heterocycles. The molecule has 1 amide bonds. The fourth-order valence-electron chi connectivity index (χ4n) is 3.42. The first kappa shape index (κ1) is 19.6. The molecular weight excluding hydrogens is 364 g/mol. The molecule has 0 aromatic carbocycles. The van der Waals surface area contributed by atoms with E-state index in [4.69, 9.17) is 4.74 Å². The summed E-state index contributed by atoms with van der Waals surface area (Å²) in [6.07, 6.45) is 2.94.